The lowest BCUT2D eigenvalue weighted by Crippen LogP contribution is -2.52. The van der Waals surface area contributed by atoms with Crippen LogP contribution in [0.3, 0.4) is 0 Å². The molecule has 3 amide bonds. The molecule has 1 aliphatic heterocycles. The van der Waals surface area contributed by atoms with Gasteiger partial charge in [0.05, 0.1) is 6.42 Å². The van der Waals surface area contributed by atoms with Crippen molar-refractivity contribution in [3.8, 4) is 0 Å². The van der Waals surface area contributed by atoms with Crippen LogP contribution in [0.15, 0.2) is 78.9 Å². The van der Waals surface area contributed by atoms with Gasteiger partial charge in [0.15, 0.2) is 0 Å². The van der Waals surface area contributed by atoms with Crippen LogP contribution in [0, 0.1) is 11.2 Å². The van der Waals surface area contributed by atoms with Crippen molar-refractivity contribution in [1.29, 1.82) is 0 Å². The highest BCUT2D eigenvalue weighted by Crippen LogP contribution is 2.32. The zero-order valence-corrected chi connectivity index (χ0v) is 21.4. The summed E-state index contributed by atoms with van der Waals surface area (Å²) >= 11 is 0. The zero-order valence-electron chi connectivity index (χ0n) is 21.4. The molecule has 3 aromatic rings. The van der Waals surface area contributed by atoms with Crippen molar-refractivity contribution in [2.75, 3.05) is 11.4 Å². The second-order valence-electron chi connectivity index (χ2n) is 10.5. The van der Waals surface area contributed by atoms with Crippen LogP contribution in [0.5, 0.6) is 0 Å². The molecule has 1 unspecified atom stereocenters. The molecule has 0 aromatic heterocycles. The molecule has 6 nitrogen and oxygen atoms in total. The minimum atomic E-state index is -1.02. The van der Waals surface area contributed by atoms with Crippen LogP contribution in [0.1, 0.15) is 48.7 Å². The highest BCUT2D eigenvalue weighted by atomic mass is 19.1. The number of halogens is 1. The third kappa shape index (κ3) is 6.23. The number of amides is 3. The van der Waals surface area contributed by atoms with Gasteiger partial charge < -0.3 is 15.1 Å². The molecule has 4 rings (SSSR count). The molecule has 1 aliphatic rings. The molecule has 1 N–H and O–H groups in total. The minimum Gasteiger partial charge on any atom is -0.352 e. The van der Waals surface area contributed by atoms with E-state index >= 15 is 0 Å². The van der Waals surface area contributed by atoms with Crippen LogP contribution in [-0.2, 0) is 22.7 Å². The van der Waals surface area contributed by atoms with Gasteiger partial charge in [-0.3, -0.25) is 14.4 Å². The number of fused-ring (bicyclic) bond motifs is 1. The normalized spacial score (nSPS) is 15.7. The first-order valence-corrected chi connectivity index (χ1v) is 12.4. The third-order valence-electron chi connectivity index (χ3n) is 6.28. The molecule has 192 valence electrons. The third-order valence-corrected chi connectivity index (χ3v) is 6.28. The van der Waals surface area contributed by atoms with Crippen LogP contribution in [0.2, 0.25) is 0 Å². The smallest absolute Gasteiger partial charge is 0.254 e. The fourth-order valence-electron chi connectivity index (χ4n) is 4.51. The van der Waals surface area contributed by atoms with E-state index < -0.39 is 17.8 Å². The number of nitrogens with one attached hydrogen (secondary N) is 1. The number of benzene rings is 3. The van der Waals surface area contributed by atoms with Crippen LogP contribution in [0.4, 0.5) is 10.1 Å². The molecule has 0 aliphatic carbocycles. The Hall–Kier alpha value is -4.00. The van der Waals surface area contributed by atoms with Crippen LogP contribution in [0.25, 0.3) is 0 Å². The van der Waals surface area contributed by atoms with Crippen molar-refractivity contribution >= 4 is 23.4 Å². The summed E-state index contributed by atoms with van der Waals surface area (Å²) in [5, 5.41) is 2.72. The number of para-hydroxylation sites is 1. The standard InChI is InChI=1S/C30H32FN3O3/c1-30(2,3)20-34-25-16-10-8-14-23(25)19-33(28(36)21-11-5-4-6-12-21)26(29(34)37)17-27(35)32-18-22-13-7-9-15-24(22)31/h4-16,26H,17-20H2,1-3H3,(H,32,35). The number of carbonyl (C=O) groups excluding carboxylic acids is 3. The Morgan fingerprint density at radius 1 is 0.946 bits per heavy atom. The molecule has 3 aromatic carbocycles. The summed E-state index contributed by atoms with van der Waals surface area (Å²) in [4.78, 5) is 44.0. The monoisotopic (exact) mass is 501 g/mol. The van der Waals surface area contributed by atoms with Gasteiger partial charge in [-0.05, 0) is 35.2 Å². The second kappa shape index (κ2) is 10.9. The Balaban J connectivity index is 1.68. The number of anilines is 1. The van der Waals surface area contributed by atoms with E-state index in [0.29, 0.717) is 17.7 Å². The first-order chi connectivity index (χ1) is 17.6. The summed E-state index contributed by atoms with van der Waals surface area (Å²) in [5.74, 6) is -1.49. The Bertz CT molecular complexity index is 1290. The average molecular weight is 502 g/mol. The van der Waals surface area contributed by atoms with Gasteiger partial charge in [0, 0.05) is 36.4 Å². The second-order valence-corrected chi connectivity index (χ2v) is 10.5. The molecule has 0 bridgehead atoms. The number of carbonyl (C=O) groups is 3. The Morgan fingerprint density at radius 2 is 1.59 bits per heavy atom. The van der Waals surface area contributed by atoms with E-state index in [1.807, 2.05) is 51.1 Å². The molecule has 0 radical (unpaired) electrons. The maximum atomic E-state index is 14.1. The summed E-state index contributed by atoms with van der Waals surface area (Å²) in [7, 11) is 0. The summed E-state index contributed by atoms with van der Waals surface area (Å²) in [5.41, 5.74) is 2.14. The van der Waals surface area contributed by atoms with E-state index in [1.165, 1.54) is 11.0 Å². The maximum Gasteiger partial charge on any atom is 0.254 e. The van der Waals surface area contributed by atoms with Gasteiger partial charge in [-0.1, -0.05) is 75.4 Å². The fourth-order valence-corrected chi connectivity index (χ4v) is 4.51. The van der Waals surface area contributed by atoms with E-state index in [9.17, 15) is 18.8 Å². The fraction of sp³-hybridized carbons (Fsp3) is 0.300. The van der Waals surface area contributed by atoms with Gasteiger partial charge >= 0.3 is 0 Å². The van der Waals surface area contributed by atoms with Crippen molar-refractivity contribution in [3.63, 3.8) is 0 Å². The zero-order chi connectivity index (χ0) is 26.6. The average Bonchev–Trinajstić information content (AvgIpc) is 2.98. The largest absolute Gasteiger partial charge is 0.352 e. The lowest BCUT2D eigenvalue weighted by Gasteiger charge is -2.33. The van der Waals surface area contributed by atoms with Gasteiger partial charge in [-0.2, -0.15) is 0 Å². The lowest BCUT2D eigenvalue weighted by molar-refractivity contribution is -0.129. The number of rotatable bonds is 6. The maximum absolute atomic E-state index is 14.1. The molecular formula is C30H32FN3O3. The molecule has 0 saturated carbocycles. The molecule has 37 heavy (non-hydrogen) atoms. The van der Waals surface area contributed by atoms with Crippen molar-refractivity contribution in [2.24, 2.45) is 5.41 Å². The Labute approximate surface area is 217 Å². The number of hydrogen-bond acceptors (Lipinski definition) is 3. The first-order valence-electron chi connectivity index (χ1n) is 12.4. The van der Waals surface area contributed by atoms with Gasteiger partial charge in [0.25, 0.3) is 5.91 Å². The molecule has 7 heteroatoms. The Kier molecular flexibility index (Phi) is 7.71. The van der Waals surface area contributed by atoms with Gasteiger partial charge in [-0.25, -0.2) is 4.39 Å². The predicted molar refractivity (Wildman–Crippen MR) is 141 cm³/mol. The lowest BCUT2D eigenvalue weighted by atomic mass is 9.95. The molecule has 1 atom stereocenters. The van der Waals surface area contributed by atoms with E-state index in [-0.39, 0.29) is 36.7 Å². The van der Waals surface area contributed by atoms with Crippen LogP contribution >= 0.6 is 0 Å². The van der Waals surface area contributed by atoms with Gasteiger partial charge in [0.2, 0.25) is 11.8 Å². The number of nitrogens with zero attached hydrogens (tertiary/aromatic N) is 2. The predicted octanol–water partition coefficient (Wildman–Crippen LogP) is 4.94. The quantitative estimate of drug-likeness (QED) is 0.520. The van der Waals surface area contributed by atoms with Crippen molar-refractivity contribution in [1.82, 2.24) is 10.2 Å². The highest BCUT2D eigenvalue weighted by Gasteiger charge is 2.40. The summed E-state index contributed by atoms with van der Waals surface area (Å²) in [6.45, 7) is 6.71. The molecule has 0 saturated heterocycles. The highest BCUT2D eigenvalue weighted by molar-refractivity contribution is 6.05. The van der Waals surface area contributed by atoms with Gasteiger partial charge in [0.1, 0.15) is 11.9 Å². The van der Waals surface area contributed by atoms with Crippen molar-refractivity contribution in [3.05, 3.63) is 101 Å². The van der Waals surface area contributed by atoms with E-state index in [0.717, 1.165) is 11.3 Å². The van der Waals surface area contributed by atoms with Gasteiger partial charge in [-0.15, -0.1) is 0 Å². The van der Waals surface area contributed by atoms with Crippen molar-refractivity contribution < 1.29 is 18.8 Å². The van der Waals surface area contributed by atoms with E-state index in [1.54, 1.807) is 47.4 Å². The summed E-state index contributed by atoms with van der Waals surface area (Å²) < 4.78 is 14.1. The SMILES string of the molecule is CC(C)(C)CN1C(=O)C(CC(=O)NCc2ccccc2F)N(C(=O)c2ccccc2)Cc2ccccc21. The van der Waals surface area contributed by atoms with Crippen molar-refractivity contribution in [2.45, 2.75) is 46.3 Å². The molecule has 1 heterocycles. The van der Waals surface area contributed by atoms with Crippen LogP contribution in [-0.4, -0.2) is 35.2 Å². The van der Waals surface area contributed by atoms with Crippen LogP contribution < -0.4 is 10.2 Å². The summed E-state index contributed by atoms with van der Waals surface area (Å²) in [6, 6.07) is 21.5. The first kappa shape index (κ1) is 26.1. The summed E-state index contributed by atoms with van der Waals surface area (Å²) in [6.07, 6.45) is -0.236. The molecular weight excluding hydrogens is 469 g/mol. The minimum absolute atomic E-state index is 0.00895. The van der Waals surface area contributed by atoms with E-state index in [2.05, 4.69) is 5.32 Å². The Morgan fingerprint density at radius 3 is 2.30 bits per heavy atom. The molecule has 0 spiro atoms. The molecule has 0 fully saturated rings. The number of hydrogen-bond donors (Lipinski definition) is 1. The topological polar surface area (TPSA) is 69.7 Å². The van der Waals surface area contributed by atoms with E-state index in [4.69, 9.17) is 0 Å².